The van der Waals surface area contributed by atoms with E-state index in [-0.39, 0.29) is 12.0 Å². The van der Waals surface area contributed by atoms with Crippen molar-refractivity contribution in [2.45, 2.75) is 18.4 Å². The van der Waals surface area contributed by atoms with Crippen LogP contribution in [0.1, 0.15) is 23.2 Å². The van der Waals surface area contributed by atoms with E-state index in [1.54, 1.807) is 29.0 Å². The van der Waals surface area contributed by atoms with Crippen molar-refractivity contribution < 1.29 is 23.8 Å². The fourth-order valence-corrected chi connectivity index (χ4v) is 3.58. The highest BCUT2D eigenvalue weighted by atomic mass is 16.6. The number of rotatable bonds is 1. The summed E-state index contributed by atoms with van der Waals surface area (Å²) in [5.41, 5.74) is 0.0851. The lowest BCUT2D eigenvalue weighted by Crippen LogP contribution is -2.48. The zero-order chi connectivity index (χ0) is 16.7. The average molecular weight is 332 g/mol. The van der Waals surface area contributed by atoms with E-state index in [4.69, 9.17) is 14.2 Å². The fourth-order valence-electron chi connectivity index (χ4n) is 3.58. The third kappa shape index (κ3) is 2.44. The standard InChI is InChI=1S/C17H20N2O5/c1-18-11-17(24-16(18)21)5-7-19(8-6-17)15(20)12-3-2-4-13-14(12)23-10-9-22-13/h2-4H,5-11H2,1H3. The summed E-state index contributed by atoms with van der Waals surface area (Å²) in [6.45, 7) is 2.65. The van der Waals surface area contributed by atoms with Gasteiger partial charge < -0.3 is 24.0 Å². The van der Waals surface area contributed by atoms with Crippen molar-refractivity contribution in [1.29, 1.82) is 0 Å². The topological polar surface area (TPSA) is 68.3 Å². The number of likely N-dealkylation sites (N-methyl/N-ethyl adjacent to an activating group) is 1. The van der Waals surface area contributed by atoms with Crippen molar-refractivity contribution in [2.24, 2.45) is 0 Å². The van der Waals surface area contributed by atoms with Gasteiger partial charge in [-0.15, -0.1) is 0 Å². The van der Waals surface area contributed by atoms with Crippen LogP contribution in [0.5, 0.6) is 11.5 Å². The van der Waals surface area contributed by atoms with Crippen molar-refractivity contribution in [2.75, 3.05) is 39.9 Å². The van der Waals surface area contributed by atoms with Crippen LogP contribution in [0.4, 0.5) is 4.79 Å². The van der Waals surface area contributed by atoms with Gasteiger partial charge >= 0.3 is 6.09 Å². The molecule has 0 atom stereocenters. The molecule has 1 aromatic rings. The molecule has 2 fully saturated rings. The minimum absolute atomic E-state index is 0.0649. The molecule has 0 bridgehead atoms. The number of nitrogens with zero attached hydrogens (tertiary/aromatic N) is 2. The molecule has 1 spiro atoms. The molecule has 3 aliphatic rings. The first-order valence-electron chi connectivity index (χ1n) is 8.20. The van der Waals surface area contributed by atoms with E-state index in [1.165, 1.54) is 0 Å². The van der Waals surface area contributed by atoms with Gasteiger partial charge in [0.05, 0.1) is 12.1 Å². The van der Waals surface area contributed by atoms with Crippen LogP contribution in [0.2, 0.25) is 0 Å². The Morgan fingerprint density at radius 1 is 1.17 bits per heavy atom. The molecule has 2 amide bonds. The van der Waals surface area contributed by atoms with Gasteiger partial charge in [-0.2, -0.15) is 0 Å². The summed E-state index contributed by atoms with van der Waals surface area (Å²) in [6, 6.07) is 5.38. The molecule has 0 unspecified atom stereocenters. The number of ether oxygens (including phenoxy) is 3. The van der Waals surface area contributed by atoms with Crippen molar-refractivity contribution >= 4 is 12.0 Å². The highest BCUT2D eigenvalue weighted by Crippen LogP contribution is 2.36. The van der Waals surface area contributed by atoms with Crippen LogP contribution in [-0.2, 0) is 4.74 Å². The zero-order valence-corrected chi connectivity index (χ0v) is 13.6. The second-order valence-corrected chi connectivity index (χ2v) is 6.53. The van der Waals surface area contributed by atoms with E-state index in [0.29, 0.717) is 62.8 Å². The first-order valence-corrected chi connectivity index (χ1v) is 8.20. The monoisotopic (exact) mass is 332 g/mol. The summed E-state index contributed by atoms with van der Waals surface area (Å²) in [4.78, 5) is 27.9. The van der Waals surface area contributed by atoms with Crippen LogP contribution in [-0.4, -0.2) is 67.3 Å². The fraction of sp³-hybridized carbons (Fsp3) is 0.529. The molecule has 7 nitrogen and oxygen atoms in total. The second-order valence-electron chi connectivity index (χ2n) is 6.53. The lowest BCUT2D eigenvalue weighted by atomic mass is 9.91. The maximum atomic E-state index is 12.9. The maximum Gasteiger partial charge on any atom is 0.410 e. The van der Waals surface area contributed by atoms with Crippen LogP contribution in [0.25, 0.3) is 0 Å². The Morgan fingerprint density at radius 2 is 1.92 bits per heavy atom. The van der Waals surface area contributed by atoms with E-state index in [2.05, 4.69) is 0 Å². The number of para-hydroxylation sites is 1. The van der Waals surface area contributed by atoms with Gasteiger partial charge in [0.15, 0.2) is 11.5 Å². The lowest BCUT2D eigenvalue weighted by molar-refractivity contribution is 0.00301. The SMILES string of the molecule is CN1CC2(CCN(C(=O)c3cccc4c3OCCO4)CC2)OC1=O. The van der Waals surface area contributed by atoms with Crippen molar-refractivity contribution in [3.8, 4) is 11.5 Å². The minimum atomic E-state index is -0.446. The van der Waals surface area contributed by atoms with Gasteiger partial charge in [0.25, 0.3) is 5.91 Å². The molecule has 1 aromatic carbocycles. The molecular weight excluding hydrogens is 312 g/mol. The molecule has 0 radical (unpaired) electrons. The van der Waals surface area contributed by atoms with Crippen LogP contribution < -0.4 is 9.47 Å². The number of hydrogen-bond acceptors (Lipinski definition) is 5. The summed E-state index contributed by atoms with van der Waals surface area (Å²) in [5, 5.41) is 0. The summed E-state index contributed by atoms with van der Waals surface area (Å²) in [7, 11) is 1.74. The third-order valence-electron chi connectivity index (χ3n) is 4.90. The maximum absolute atomic E-state index is 12.9. The molecule has 0 saturated carbocycles. The number of carbonyl (C=O) groups is 2. The van der Waals surface area contributed by atoms with Crippen molar-refractivity contribution in [3.05, 3.63) is 23.8 Å². The summed E-state index contributed by atoms with van der Waals surface area (Å²) in [6.07, 6.45) is 1.03. The highest BCUT2D eigenvalue weighted by molar-refractivity contribution is 5.98. The number of likely N-dealkylation sites (tertiary alicyclic amines) is 1. The van der Waals surface area contributed by atoms with E-state index in [0.717, 1.165) is 0 Å². The Kier molecular flexibility index (Phi) is 3.51. The largest absolute Gasteiger partial charge is 0.486 e. The predicted molar refractivity (Wildman–Crippen MR) is 84.4 cm³/mol. The Hall–Kier alpha value is -2.44. The zero-order valence-electron chi connectivity index (χ0n) is 13.6. The van der Waals surface area contributed by atoms with Crippen LogP contribution in [0.3, 0.4) is 0 Å². The normalized spacial score (nSPS) is 21.8. The molecule has 2 saturated heterocycles. The van der Waals surface area contributed by atoms with E-state index >= 15 is 0 Å². The molecule has 0 aromatic heterocycles. The highest BCUT2D eigenvalue weighted by Gasteiger charge is 2.46. The van der Waals surface area contributed by atoms with Gasteiger partial charge in [0.1, 0.15) is 18.8 Å². The third-order valence-corrected chi connectivity index (χ3v) is 4.90. The van der Waals surface area contributed by atoms with Gasteiger partial charge in [0.2, 0.25) is 0 Å². The van der Waals surface area contributed by atoms with Crippen LogP contribution >= 0.6 is 0 Å². The van der Waals surface area contributed by atoms with Gasteiger partial charge in [-0.05, 0) is 12.1 Å². The first kappa shape index (κ1) is 15.1. The molecule has 0 N–H and O–H groups in total. The molecule has 3 aliphatic heterocycles. The molecule has 24 heavy (non-hydrogen) atoms. The van der Waals surface area contributed by atoms with Gasteiger partial charge in [-0.3, -0.25) is 4.79 Å². The van der Waals surface area contributed by atoms with Crippen LogP contribution in [0, 0.1) is 0 Å². The quantitative estimate of drug-likeness (QED) is 0.780. The number of amides is 2. The van der Waals surface area contributed by atoms with Gasteiger partial charge in [-0.25, -0.2) is 4.79 Å². The average Bonchev–Trinajstić information content (AvgIpc) is 2.88. The Balaban J connectivity index is 1.49. The minimum Gasteiger partial charge on any atom is -0.486 e. The molecule has 128 valence electrons. The molecule has 3 heterocycles. The predicted octanol–water partition coefficient (Wildman–Crippen LogP) is 1.51. The summed E-state index contributed by atoms with van der Waals surface area (Å²) < 4.78 is 16.7. The Morgan fingerprint density at radius 3 is 2.62 bits per heavy atom. The van der Waals surface area contributed by atoms with E-state index in [9.17, 15) is 9.59 Å². The van der Waals surface area contributed by atoms with Crippen molar-refractivity contribution in [3.63, 3.8) is 0 Å². The number of piperidine rings is 1. The Bertz CT molecular complexity index is 682. The molecule has 0 aliphatic carbocycles. The van der Waals surface area contributed by atoms with Crippen LogP contribution in [0.15, 0.2) is 18.2 Å². The van der Waals surface area contributed by atoms with Crippen molar-refractivity contribution in [1.82, 2.24) is 9.80 Å². The lowest BCUT2D eigenvalue weighted by Gasteiger charge is -2.37. The summed E-state index contributed by atoms with van der Waals surface area (Å²) >= 11 is 0. The molecule has 4 rings (SSSR count). The first-order chi connectivity index (χ1) is 11.6. The second kappa shape index (κ2) is 5.58. The van der Waals surface area contributed by atoms with Gasteiger partial charge in [-0.1, -0.05) is 6.07 Å². The molecule has 7 heteroatoms. The van der Waals surface area contributed by atoms with Gasteiger partial charge in [0, 0.05) is 33.0 Å². The number of hydrogen-bond donors (Lipinski definition) is 0. The number of benzene rings is 1. The number of carbonyl (C=O) groups excluding carboxylic acids is 2. The smallest absolute Gasteiger partial charge is 0.410 e. The number of fused-ring (bicyclic) bond motifs is 1. The Labute approximate surface area is 140 Å². The van der Waals surface area contributed by atoms with E-state index < -0.39 is 5.60 Å². The molecular formula is C17H20N2O5. The van der Waals surface area contributed by atoms with E-state index in [1.807, 2.05) is 6.07 Å². The summed E-state index contributed by atoms with van der Waals surface area (Å²) in [5.74, 6) is 1.08.